The van der Waals surface area contributed by atoms with Crippen LogP contribution in [0.2, 0.25) is 0 Å². The summed E-state index contributed by atoms with van der Waals surface area (Å²) in [5.41, 5.74) is 1.14. The van der Waals surface area contributed by atoms with E-state index in [1.807, 2.05) is 31.2 Å². The predicted molar refractivity (Wildman–Crippen MR) is 91.4 cm³/mol. The topological polar surface area (TPSA) is 38.3 Å². The molecule has 3 nitrogen and oxygen atoms in total. The standard InChI is InChI=1S/C18H20FNO2S/c1-13(23-17-9-5-15(19)6-10-17)18(21)20-12-11-14-3-7-16(22-2)8-4-14/h3-10,13H,11-12H2,1-2H3,(H,20,21)/t13-/m0/s1. The zero-order valence-corrected chi connectivity index (χ0v) is 14.0. The average molecular weight is 333 g/mol. The van der Waals surface area contributed by atoms with Crippen LogP contribution in [0, 0.1) is 5.82 Å². The SMILES string of the molecule is COc1ccc(CCNC(=O)[C@H](C)Sc2ccc(F)cc2)cc1. The van der Waals surface area contributed by atoms with Crippen molar-refractivity contribution in [3.63, 3.8) is 0 Å². The molecular formula is C18H20FNO2S. The number of rotatable bonds is 7. The summed E-state index contributed by atoms with van der Waals surface area (Å²) in [4.78, 5) is 13.0. The molecule has 1 atom stereocenters. The second-order valence-corrected chi connectivity index (χ2v) is 6.52. The molecule has 1 N–H and O–H groups in total. The van der Waals surface area contributed by atoms with Crippen molar-refractivity contribution in [2.24, 2.45) is 0 Å². The van der Waals surface area contributed by atoms with E-state index in [1.165, 1.54) is 23.9 Å². The summed E-state index contributed by atoms with van der Waals surface area (Å²) in [5.74, 6) is 0.529. The summed E-state index contributed by atoms with van der Waals surface area (Å²) < 4.78 is 18.0. The van der Waals surface area contributed by atoms with Crippen molar-refractivity contribution in [2.75, 3.05) is 13.7 Å². The number of carbonyl (C=O) groups excluding carboxylic acids is 1. The number of benzene rings is 2. The fourth-order valence-electron chi connectivity index (χ4n) is 2.04. The van der Waals surface area contributed by atoms with E-state index in [0.717, 1.165) is 22.6 Å². The van der Waals surface area contributed by atoms with Crippen LogP contribution in [0.1, 0.15) is 12.5 Å². The van der Waals surface area contributed by atoms with Crippen molar-refractivity contribution in [2.45, 2.75) is 23.5 Å². The van der Waals surface area contributed by atoms with Crippen molar-refractivity contribution in [1.82, 2.24) is 5.32 Å². The molecular weight excluding hydrogens is 313 g/mol. The molecule has 0 aliphatic carbocycles. The second-order valence-electron chi connectivity index (χ2n) is 5.10. The fraction of sp³-hybridized carbons (Fsp3) is 0.278. The van der Waals surface area contributed by atoms with Gasteiger partial charge in [0.25, 0.3) is 0 Å². The number of nitrogens with one attached hydrogen (secondary N) is 1. The average Bonchev–Trinajstić information content (AvgIpc) is 2.57. The Morgan fingerprint density at radius 1 is 1.17 bits per heavy atom. The fourth-order valence-corrected chi connectivity index (χ4v) is 2.93. The van der Waals surface area contributed by atoms with Gasteiger partial charge in [0.1, 0.15) is 11.6 Å². The molecule has 0 spiro atoms. The van der Waals surface area contributed by atoms with E-state index < -0.39 is 0 Å². The molecule has 0 saturated carbocycles. The van der Waals surface area contributed by atoms with Gasteiger partial charge in [-0.25, -0.2) is 4.39 Å². The molecule has 0 fully saturated rings. The van der Waals surface area contributed by atoms with Crippen LogP contribution >= 0.6 is 11.8 Å². The van der Waals surface area contributed by atoms with Gasteiger partial charge in [0.15, 0.2) is 0 Å². The molecule has 0 bridgehead atoms. The lowest BCUT2D eigenvalue weighted by molar-refractivity contribution is -0.120. The van der Waals surface area contributed by atoms with E-state index in [1.54, 1.807) is 19.2 Å². The van der Waals surface area contributed by atoms with E-state index in [2.05, 4.69) is 5.32 Å². The van der Waals surface area contributed by atoms with Gasteiger partial charge in [-0.3, -0.25) is 4.79 Å². The Bertz CT molecular complexity index is 628. The Kier molecular flexibility index (Phi) is 6.47. The lowest BCUT2D eigenvalue weighted by Crippen LogP contribution is -2.32. The highest BCUT2D eigenvalue weighted by Gasteiger charge is 2.13. The van der Waals surface area contributed by atoms with Gasteiger partial charge in [0, 0.05) is 11.4 Å². The van der Waals surface area contributed by atoms with Gasteiger partial charge < -0.3 is 10.1 Å². The lowest BCUT2D eigenvalue weighted by atomic mass is 10.1. The first-order chi connectivity index (χ1) is 11.1. The maximum absolute atomic E-state index is 12.9. The van der Waals surface area contributed by atoms with E-state index in [0.29, 0.717) is 6.54 Å². The molecule has 0 saturated heterocycles. The zero-order chi connectivity index (χ0) is 16.7. The number of thioether (sulfide) groups is 1. The molecule has 0 radical (unpaired) electrons. The maximum atomic E-state index is 12.9. The number of halogens is 1. The van der Waals surface area contributed by atoms with Gasteiger partial charge in [0.2, 0.25) is 5.91 Å². The number of hydrogen-bond acceptors (Lipinski definition) is 3. The molecule has 2 aromatic carbocycles. The Labute approximate surface area is 140 Å². The van der Waals surface area contributed by atoms with Crippen LogP contribution in [0.3, 0.4) is 0 Å². The largest absolute Gasteiger partial charge is 0.497 e. The third-order valence-electron chi connectivity index (χ3n) is 3.37. The summed E-state index contributed by atoms with van der Waals surface area (Å²) in [6, 6.07) is 14.0. The van der Waals surface area contributed by atoms with Crippen LogP contribution in [-0.2, 0) is 11.2 Å². The molecule has 0 heterocycles. The maximum Gasteiger partial charge on any atom is 0.233 e. The van der Waals surface area contributed by atoms with Gasteiger partial charge in [-0.2, -0.15) is 0 Å². The van der Waals surface area contributed by atoms with E-state index in [4.69, 9.17) is 4.74 Å². The summed E-state index contributed by atoms with van der Waals surface area (Å²) in [5, 5.41) is 2.70. The Balaban J connectivity index is 1.75. The van der Waals surface area contributed by atoms with Crippen molar-refractivity contribution in [3.05, 3.63) is 59.9 Å². The highest BCUT2D eigenvalue weighted by Crippen LogP contribution is 2.23. The minimum atomic E-state index is -0.272. The Morgan fingerprint density at radius 3 is 2.43 bits per heavy atom. The molecule has 0 aliphatic rings. The number of methoxy groups -OCH3 is 1. The van der Waals surface area contributed by atoms with Crippen molar-refractivity contribution in [1.29, 1.82) is 0 Å². The van der Waals surface area contributed by atoms with E-state index >= 15 is 0 Å². The molecule has 122 valence electrons. The number of amides is 1. The summed E-state index contributed by atoms with van der Waals surface area (Å²) in [6.45, 7) is 2.43. The van der Waals surface area contributed by atoms with E-state index in [9.17, 15) is 9.18 Å². The van der Waals surface area contributed by atoms with Crippen LogP contribution in [0.25, 0.3) is 0 Å². The van der Waals surface area contributed by atoms with Gasteiger partial charge in [-0.1, -0.05) is 12.1 Å². The Morgan fingerprint density at radius 2 is 1.83 bits per heavy atom. The molecule has 5 heteroatoms. The van der Waals surface area contributed by atoms with Crippen molar-refractivity contribution in [3.8, 4) is 5.75 Å². The Hall–Kier alpha value is -2.01. The minimum absolute atomic E-state index is 0.0205. The smallest absolute Gasteiger partial charge is 0.233 e. The van der Waals surface area contributed by atoms with Gasteiger partial charge in [-0.15, -0.1) is 11.8 Å². The van der Waals surface area contributed by atoms with Crippen LogP contribution in [-0.4, -0.2) is 24.8 Å². The number of carbonyl (C=O) groups is 1. The lowest BCUT2D eigenvalue weighted by Gasteiger charge is -2.12. The first kappa shape index (κ1) is 17.3. The highest BCUT2D eigenvalue weighted by molar-refractivity contribution is 8.00. The normalized spacial score (nSPS) is 11.8. The summed E-state index contributed by atoms with van der Waals surface area (Å²) in [7, 11) is 1.63. The summed E-state index contributed by atoms with van der Waals surface area (Å²) in [6.07, 6.45) is 0.768. The van der Waals surface area contributed by atoms with Crippen LogP contribution in [0.5, 0.6) is 5.75 Å². The molecule has 2 aromatic rings. The molecule has 23 heavy (non-hydrogen) atoms. The number of ether oxygens (including phenoxy) is 1. The monoisotopic (exact) mass is 333 g/mol. The quantitative estimate of drug-likeness (QED) is 0.786. The van der Waals surface area contributed by atoms with Crippen LogP contribution in [0.4, 0.5) is 4.39 Å². The second kappa shape index (κ2) is 8.58. The van der Waals surface area contributed by atoms with Gasteiger partial charge in [0.05, 0.1) is 12.4 Å². The molecule has 0 unspecified atom stereocenters. The van der Waals surface area contributed by atoms with Crippen LogP contribution in [0.15, 0.2) is 53.4 Å². The third kappa shape index (κ3) is 5.60. The number of hydrogen-bond donors (Lipinski definition) is 1. The van der Waals surface area contributed by atoms with Crippen molar-refractivity contribution >= 4 is 17.7 Å². The summed E-state index contributed by atoms with van der Waals surface area (Å²) >= 11 is 1.42. The van der Waals surface area contributed by atoms with Gasteiger partial charge >= 0.3 is 0 Å². The molecule has 0 aliphatic heterocycles. The third-order valence-corrected chi connectivity index (χ3v) is 4.48. The van der Waals surface area contributed by atoms with E-state index in [-0.39, 0.29) is 17.0 Å². The first-order valence-electron chi connectivity index (χ1n) is 7.41. The van der Waals surface area contributed by atoms with Crippen molar-refractivity contribution < 1.29 is 13.9 Å². The predicted octanol–water partition coefficient (Wildman–Crippen LogP) is 3.67. The highest BCUT2D eigenvalue weighted by atomic mass is 32.2. The zero-order valence-electron chi connectivity index (χ0n) is 13.2. The minimum Gasteiger partial charge on any atom is -0.497 e. The molecule has 0 aromatic heterocycles. The van der Waals surface area contributed by atoms with Crippen LogP contribution < -0.4 is 10.1 Å². The molecule has 1 amide bonds. The molecule has 2 rings (SSSR count). The first-order valence-corrected chi connectivity index (χ1v) is 8.29. The van der Waals surface area contributed by atoms with Gasteiger partial charge in [-0.05, 0) is 55.3 Å².